The van der Waals surface area contributed by atoms with Crippen molar-refractivity contribution in [2.24, 2.45) is 0 Å². The molecule has 0 aliphatic carbocycles. The molecule has 0 aliphatic heterocycles. The molecule has 0 saturated heterocycles. The van der Waals surface area contributed by atoms with Gasteiger partial charge in [0.1, 0.15) is 0 Å². The van der Waals surface area contributed by atoms with E-state index in [1.54, 1.807) is 22.8 Å². The van der Waals surface area contributed by atoms with Gasteiger partial charge >= 0.3 is 5.97 Å². The van der Waals surface area contributed by atoms with E-state index in [2.05, 4.69) is 10.1 Å². The summed E-state index contributed by atoms with van der Waals surface area (Å²) in [4.78, 5) is 15.7. The molecule has 2 aromatic heterocycles. The van der Waals surface area contributed by atoms with Crippen LogP contribution in [0.4, 0.5) is 0 Å². The highest BCUT2D eigenvalue weighted by atomic mass is 35.5. The fraction of sp³-hybridized carbons (Fsp3) is 0. The molecule has 0 bridgehead atoms. The van der Waals surface area contributed by atoms with Gasteiger partial charge in [-0.05, 0) is 17.7 Å². The Hall–Kier alpha value is -3.18. The number of nitrogens with zero attached hydrogens (tertiary/aromatic N) is 3. The summed E-state index contributed by atoms with van der Waals surface area (Å²) >= 11 is 6.01. The van der Waals surface area contributed by atoms with Crippen molar-refractivity contribution in [3.8, 4) is 22.4 Å². The van der Waals surface area contributed by atoms with Crippen molar-refractivity contribution >= 4 is 23.2 Å². The summed E-state index contributed by atoms with van der Waals surface area (Å²) < 4.78 is 1.56. The first-order valence-corrected chi connectivity index (χ1v) is 7.95. The van der Waals surface area contributed by atoms with E-state index in [9.17, 15) is 9.90 Å². The van der Waals surface area contributed by atoms with Gasteiger partial charge in [-0.15, -0.1) is 0 Å². The molecule has 6 heteroatoms. The summed E-state index contributed by atoms with van der Waals surface area (Å²) in [5.74, 6) is -1.09. The number of hydrogen-bond acceptors (Lipinski definition) is 3. The highest BCUT2D eigenvalue weighted by molar-refractivity contribution is 6.30. The maximum absolute atomic E-state index is 11.3. The molecular weight excluding hydrogens is 338 g/mol. The SMILES string of the molecule is O=C(O)c1cc2ncc(-c3ccccc3)c(-c3ccc(Cl)cc3)n2n1. The van der Waals surface area contributed by atoms with Gasteiger partial charge in [-0.1, -0.05) is 54.1 Å². The Morgan fingerprint density at radius 2 is 1.72 bits per heavy atom. The Kier molecular flexibility index (Phi) is 3.71. The fourth-order valence-electron chi connectivity index (χ4n) is 2.75. The Bertz CT molecular complexity index is 1070. The molecule has 25 heavy (non-hydrogen) atoms. The molecule has 0 aliphatic rings. The molecule has 0 radical (unpaired) electrons. The molecule has 0 spiro atoms. The van der Waals surface area contributed by atoms with Crippen molar-refractivity contribution in [2.75, 3.05) is 0 Å². The van der Waals surface area contributed by atoms with E-state index in [-0.39, 0.29) is 5.69 Å². The van der Waals surface area contributed by atoms with Crippen LogP contribution in [0, 0.1) is 0 Å². The van der Waals surface area contributed by atoms with Crippen LogP contribution in [0.2, 0.25) is 5.02 Å². The van der Waals surface area contributed by atoms with Gasteiger partial charge in [-0.25, -0.2) is 14.3 Å². The third-order valence-electron chi connectivity index (χ3n) is 3.90. The van der Waals surface area contributed by atoms with Gasteiger partial charge in [0.25, 0.3) is 0 Å². The van der Waals surface area contributed by atoms with E-state index in [1.807, 2.05) is 42.5 Å². The third kappa shape index (κ3) is 2.75. The summed E-state index contributed by atoms with van der Waals surface area (Å²) in [6, 6.07) is 18.6. The number of aromatic nitrogens is 3. The number of rotatable bonds is 3. The van der Waals surface area contributed by atoms with E-state index >= 15 is 0 Å². The zero-order chi connectivity index (χ0) is 17.4. The lowest BCUT2D eigenvalue weighted by Gasteiger charge is -2.12. The van der Waals surface area contributed by atoms with Crippen LogP contribution < -0.4 is 0 Å². The quantitative estimate of drug-likeness (QED) is 0.594. The summed E-state index contributed by atoms with van der Waals surface area (Å²) in [6.07, 6.45) is 1.74. The predicted molar refractivity (Wildman–Crippen MR) is 95.8 cm³/mol. The van der Waals surface area contributed by atoms with Gasteiger partial charge in [0.05, 0.1) is 5.69 Å². The average Bonchev–Trinajstić information content (AvgIpc) is 3.07. The van der Waals surface area contributed by atoms with Crippen molar-refractivity contribution in [1.82, 2.24) is 14.6 Å². The molecule has 0 unspecified atom stereocenters. The lowest BCUT2D eigenvalue weighted by Crippen LogP contribution is -2.01. The molecule has 0 atom stereocenters. The van der Waals surface area contributed by atoms with Gasteiger partial charge in [-0.2, -0.15) is 5.10 Å². The Labute approximate surface area is 148 Å². The van der Waals surface area contributed by atoms with Crippen LogP contribution in [-0.2, 0) is 0 Å². The van der Waals surface area contributed by atoms with Gasteiger partial charge in [-0.3, -0.25) is 0 Å². The summed E-state index contributed by atoms with van der Waals surface area (Å²) in [5, 5.41) is 14.1. The molecule has 122 valence electrons. The van der Waals surface area contributed by atoms with Crippen LogP contribution in [0.1, 0.15) is 10.5 Å². The van der Waals surface area contributed by atoms with Crippen molar-refractivity contribution in [3.63, 3.8) is 0 Å². The van der Waals surface area contributed by atoms with E-state index in [0.29, 0.717) is 10.7 Å². The molecule has 5 nitrogen and oxygen atoms in total. The van der Waals surface area contributed by atoms with Crippen molar-refractivity contribution < 1.29 is 9.90 Å². The van der Waals surface area contributed by atoms with Crippen LogP contribution in [0.5, 0.6) is 0 Å². The standard InChI is InChI=1S/C19H12ClN3O2/c20-14-8-6-13(7-9-14)18-15(12-4-2-1-3-5-12)11-21-17-10-16(19(24)25)22-23(17)18/h1-11H,(H,24,25). The highest BCUT2D eigenvalue weighted by Crippen LogP contribution is 2.32. The third-order valence-corrected chi connectivity index (χ3v) is 4.16. The van der Waals surface area contributed by atoms with E-state index in [4.69, 9.17) is 11.6 Å². The second-order valence-electron chi connectivity index (χ2n) is 5.50. The number of aromatic carboxylic acids is 1. The molecule has 2 heterocycles. The second-order valence-corrected chi connectivity index (χ2v) is 5.93. The van der Waals surface area contributed by atoms with Gasteiger partial charge in [0, 0.05) is 28.4 Å². The lowest BCUT2D eigenvalue weighted by atomic mass is 10.0. The van der Waals surface area contributed by atoms with Crippen molar-refractivity contribution in [2.45, 2.75) is 0 Å². The minimum atomic E-state index is -1.09. The molecule has 0 saturated carbocycles. The lowest BCUT2D eigenvalue weighted by molar-refractivity contribution is 0.0690. The first-order chi connectivity index (χ1) is 12.1. The first-order valence-electron chi connectivity index (χ1n) is 7.57. The van der Waals surface area contributed by atoms with E-state index in [1.165, 1.54) is 6.07 Å². The maximum atomic E-state index is 11.3. The Morgan fingerprint density at radius 3 is 2.40 bits per heavy atom. The molecule has 1 N–H and O–H groups in total. The molecular formula is C19H12ClN3O2. The second kappa shape index (κ2) is 6.03. The average molecular weight is 350 g/mol. The number of carboxylic acids is 1. The van der Waals surface area contributed by atoms with Crippen LogP contribution in [0.25, 0.3) is 28.0 Å². The first kappa shape index (κ1) is 15.4. The predicted octanol–water partition coefficient (Wildman–Crippen LogP) is 4.41. The number of benzene rings is 2. The van der Waals surface area contributed by atoms with Crippen molar-refractivity contribution in [1.29, 1.82) is 0 Å². The van der Waals surface area contributed by atoms with E-state index in [0.717, 1.165) is 22.4 Å². The minimum Gasteiger partial charge on any atom is -0.476 e. The van der Waals surface area contributed by atoms with Gasteiger partial charge < -0.3 is 5.11 Å². The topological polar surface area (TPSA) is 67.5 Å². The Morgan fingerprint density at radius 1 is 1.00 bits per heavy atom. The summed E-state index contributed by atoms with van der Waals surface area (Å²) in [5.41, 5.74) is 3.88. The number of carboxylic acid groups (broad SMARTS) is 1. The number of halogens is 1. The van der Waals surface area contributed by atoms with Gasteiger partial charge in [0.15, 0.2) is 11.3 Å². The summed E-state index contributed by atoms with van der Waals surface area (Å²) in [7, 11) is 0. The molecule has 4 aromatic rings. The minimum absolute atomic E-state index is 0.0482. The Balaban J connectivity index is 2.06. The van der Waals surface area contributed by atoms with Crippen LogP contribution in [0.15, 0.2) is 66.9 Å². The normalized spacial score (nSPS) is 10.9. The molecule has 2 aromatic carbocycles. The number of carbonyl (C=O) groups is 1. The zero-order valence-electron chi connectivity index (χ0n) is 12.9. The van der Waals surface area contributed by atoms with E-state index < -0.39 is 5.97 Å². The highest BCUT2D eigenvalue weighted by Gasteiger charge is 2.17. The molecule has 4 rings (SSSR count). The largest absolute Gasteiger partial charge is 0.476 e. The molecule has 0 amide bonds. The molecule has 0 fully saturated rings. The maximum Gasteiger partial charge on any atom is 0.356 e. The zero-order valence-corrected chi connectivity index (χ0v) is 13.7. The fourth-order valence-corrected chi connectivity index (χ4v) is 2.88. The monoisotopic (exact) mass is 349 g/mol. The number of hydrogen-bond donors (Lipinski definition) is 1. The van der Waals surface area contributed by atoms with Crippen LogP contribution in [0.3, 0.4) is 0 Å². The smallest absolute Gasteiger partial charge is 0.356 e. The van der Waals surface area contributed by atoms with Crippen LogP contribution >= 0.6 is 11.6 Å². The number of fused-ring (bicyclic) bond motifs is 1. The van der Waals surface area contributed by atoms with Crippen LogP contribution in [-0.4, -0.2) is 25.7 Å². The summed E-state index contributed by atoms with van der Waals surface area (Å²) in [6.45, 7) is 0. The van der Waals surface area contributed by atoms with Gasteiger partial charge in [0.2, 0.25) is 0 Å². The van der Waals surface area contributed by atoms with Crippen molar-refractivity contribution in [3.05, 3.63) is 77.6 Å².